The minimum Gasteiger partial charge on any atom is -0.481 e. The van der Waals surface area contributed by atoms with Crippen molar-refractivity contribution < 1.29 is 24.2 Å². The fraction of sp³-hybridized carbons (Fsp3) is 0.625. The quantitative estimate of drug-likeness (QED) is 0.495. The summed E-state index contributed by atoms with van der Waals surface area (Å²) in [6, 6.07) is 0. The lowest BCUT2D eigenvalue weighted by Gasteiger charge is -2.04. The first kappa shape index (κ1) is 13.2. The van der Waals surface area contributed by atoms with E-state index in [-0.39, 0.29) is 38.3 Å². The van der Waals surface area contributed by atoms with Crippen LogP contribution in [0.4, 0.5) is 4.79 Å². The standard InChI is InChI=1S/C8H14N2O5/c9-8(14)15-5-4-10-6(11)2-1-3-7(12)13/h1-5H2,(H2,9,14)(H,10,11)(H,12,13). The van der Waals surface area contributed by atoms with Crippen LogP contribution in [0.15, 0.2) is 0 Å². The van der Waals surface area contributed by atoms with Crippen LogP contribution in [-0.2, 0) is 14.3 Å². The van der Waals surface area contributed by atoms with Crippen molar-refractivity contribution in [3.63, 3.8) is 0 Å². The van der Waals surface area contributed by atoms with Crippen LogP contribution in [-0.4, -0.2) is 36.2 Å². The maximum Gasteiger partial charge on any atom is 0.404 e. The van der Waals surface area contributed by atoms with Gasteiger partial charge in [0.1, 0.15) is 6.61 Å². The normalized spacial score (nSPS) is 9.33. The summed E-state index contributed by atoms with van der Waals surface area (Å²) in [5.74, 6) is -1.20. The number of ether oxygens (including phenoxy) is 1. The molecule has 0 saturated carbocycles. The van der Waals surface area contributed by atoms with Crippen molar-refractivity contribution in [3.8, 4) is 0 Å². The van der Waals surface area contributed by atoms with Crippen molar-refractivity contribution >= 4 is 18.0 Å². The van der Waals surface area contributed by atoms with Crippen molar-refractivity contribution in [3.05, 3.63) is 0 Å². The summed E-state index contributed by atoms with van der Waals surface area (Å²) in [6.07, 6.45) is -0.499. The zero-order valence-corrected chi connectivity index (χ0v) is 8.19. The molecule has 0 radical (unpaired) electrons. The zero-order chi connectivity index (χ0) is 11.7. The molecule has 4 N–H and O–H groups in total. The van der Waals surface area contributed by atoms with E-state index in [2.05, 4.69) is 15.8 Å². The van der Waals surface area contributed by atoms with Crippen LogP contribution < -0.4 is 11.1 Å². The highest BCUT2D eigenvalue weighted by molar-refractivity contribution is 5.76. The third-order valence-electron chi connectivity index (χ3n) is 1.46. The second-order valence-electron chi connectivity index (χ2n) is 2.76. The molecule has 0 aromatic carbocycles. The third kappa shape index (κ3) is 10.1. The number of amides is 2. The highest BCUT2D eigenvalue weighted by atomic mass is 16.5. The van der Waals surface area contributed by atoms with Crippen LogP contribution in [0.25, 0.3) is 0 Å². The number of nitrogens with one attached hydrogen (secondary N) is 1. The Balaban J connectivity index is 3.33. The number of carbonyl (C=O) groups excluding carboxylic acids is 2. The predicted molar refractivity (Wildman–Crippen MR) is 50.0 cm³/mol. The highest BCUT2D eigenvalue weighted by Gasteiger charge is 2.03. The minimum absolute atomic E-state index is 0.0139. The number of nitrogens with two attached hydrogens (primary N) is 1. The molecule has 86 valence electrons. The van der Waals surface area contributed by atoms with Crippen LogP contribution in [0, 0.1) is 0 Å². The summed E-state index contributed by atoms with van der Waals surface area (Å²) in [5, 5.41) is 10.7. The lowest BCUT2D eigenvalue weighted by molar-refractivity contribution is -0.137. The summed E-state index contributed by atoms with van der Waals surface area (Å²) in [7, 11) is 0. The molecule has 0 aromatic rings. The molecule has 0 atom stereocenters. The van der Waals surface area contributed by atoms with Gasteiger partial charge in [-0.2, -0.15) is 0 Å². The minimum atomic E-state index is -0.931. The summed E-state index contributed by atoms with van der Waals surface area (Å²) in [5.41, 5.74) is 4.68. The molecule has 0 bridgehead atoms. The predicted octanol–water partition coefficient (Wildman–Crippen LogP) is -0.547. The summed E-state index contributed by atoms with van der Waals surface area (Å²) in [4.78, 5) is 31.2. The first-order chi connectivity index (χ1) is 7.02. The fourth-order valence-corrected chi connectivity index (χ4v) is 0.831. The second-order valence-corrected chi connectivity index (χ2v) is 2.76. The molecule has 0 aromatic heterocycles. The molecule has 0 aliphatic heterocycles. The number of carbonyl (C=O) groups is 3. The fourth-order valence-electron chi connectivity index (χ4n) is 0.831. The van der Waals surface area contributed by atoms with Crippen molar-refractivity contribution in [2.24, 2.45) is 5.73 Å². The topological polar surface area (TPSA) is 119 Å². The number of hydrogen-bond donors (Lipinski definition) is 3. The Bertz CT molecular complexity index is 241. The molecular formula is C8H14N2O5. The van der Waals surface area contributed by atoms with Gasteiger partial charge in [-0.1, -0.05) is 0 Å². The average molecular weight is 218 g/mol. The molecule has 2 amide bonds. The van der Waals surface area contributed by atoms with E-state index in [1.165, 1.54) is 0 Å². The zero-order valence-electron chi connectivity index (χ0n) is 8.19. The molecular weight excluding hydrogens is 204 g/mol. The molecule has 7 heteroatoms. The molecule has 0 heterocycles. The van der Waals surface area contributed by atoms with Gasteiger partial charge in [0.15, 0.2) is 0 Å². The van der Waals surface area contributed by atoms with E-state index in [0.29, 0.717) is 0 Å². The molecule has 7 nitrogen and oxygen atoms in total. The van der Waals surface area contributed by atoms with Gasteiger partial charge in [-0.15, -0.1) is 0 Å². The van der Waals surface area contributed by atoms with Gasteiger partial charge in [0.2, 0.25) is 5.91 Å². The van der Waals surface area contributed by atoms with E-state index in [0.717, 1.165) is 0 Å². The van der Waals surface area contributed by atoms with Crippen LogP contribution in [0.3, 0.4) is 0 Å². The van der Waals surface area contributed by atoms with Crippen molar-refractivity contribution in [1.82, 2.24) is 5.32 Å². The molecule has 0 unspecified atom stereocenters. The second kappa shape index (κ2) is 7.60. The van der Waals surface area contributed by atoms with Crippen LogP contribution in [0.5, 0.6) is 0 Å². The van der Waals surface area contributed by atoms with Gasteiger partial charge in [-0.3, -0.25) is 9.59 Å². The van der Waals surface area contributed by atoms with Gasteiger partial charge in [-0.25, -0.2) is 4.79 Å². The molecule has 0 fully saturated rings. The Morgan fingerprint density at radius 3 is 2.47 bits per heavy atom. The summed E-state index contributed by atoms with van der Waals surface area (Å²) in [6.45, 7) is 0.189. The highest BCUT2D eigenvalue weighted by Crippen LogP contribution is 1.94. The Labute approximate surface area is 86.6 Å². The monoisotopic (exact) mass is 218 g/mol. The smallest absolute Gasteiger partial charge is 0.404 e. The van der Waals surface area contributed by atoms with E-state index < -0.39 is 12.1 Å². The van der Waals surface area contributed by atoms with E-state index in [1.807, 2.05) is 0 Å². The van der Waals surface area contributed by atoms with Crippen LogP contribution in [0.1, 0.15) is 19.3 Å². The number of aliphatic carboxylic acids is 1. The molecule has 0 saturated heterocycles. The maximum atomic E-state index is 11.0. The third-order valence-corrected chi connectivity index (χ3v) is 1.46. The van der Waals surface area contributed by atoms with E-state index in [1.54, 1.807) is 0 Å². The van der Waals surface area contributed by atoms with E-state index >= 15 is 0 Å². The van der Waals surface area contributed by atoms with Gasteiger partial charge in [0, 0.05) is 12.8 Å². The largest absolute Gasteiger partial charge is 0.481 e. The van der Waals surface area contributed by atoms with Gasteiger partial charge in [0.25, 0.3) is 0 Å². The Morgan fingerprint density at radius 1 is 1.27 bits per heavy atom. The van der Waals surface area contributed by atoms with Gasteiger partial charge < -0.3 is 20.9 Å². The van der Waals surface area contributed by atoms with Crippen molar-refractivity contribution in [2.45, 2.75) is 19.3 Å². The Hall–Kier alpha value is -1.79. The number of rotatable bonds is 7. The van der Waals surface area contributed by atoms with Crippen LogP contribution in [0.2, 0.25) is 0 Å². The Kier molecular flexibility index (Phi) is 6.69. The molecule has 0 rings (SSSR count). The van der Waals surface area contributed by atoms with Gasteiger partial charge >= 0.3 is 12.1 Å². The molecule has 15 heavy (non-hydrogen) atoms. The van der Waals surface area contributed by atoms with Gasteiger partial charge in [0.05, 0.1) is 6.54 Å². The molecule has 0 aliphatic rings. The SMILES string of the molecule is NC(=O)OCCNC(=O)CCCC(=O)O. The van der Waals surface area contributed by atoms with Crippen molar-refractivity contribution in [2.75, 3.05) is 13.2 Å². The number of carboxylic acid groups (broad SMARTS) is 1. The maximum absolute atomic E-state index is 11.0. The van der Waals surface area contributed by atoms with Crippen molar-refractivity contribution in [1.29, 1.82) is 0 Å². The average Bonchev–Trinajstić information content (AvgIpc) is 2.11. The number of primary amides is 1. The summed E-state index contributed by atoms with van der Waals surface area (Å²) < 4.78 is 4.36. The van der Waals surface area contributed by atoms with E-state index in [9.17, 15) is 14.4 Å². The lowest BCUT2D eigenvalue weighted by atomic mass is 10.2. The number of carboxylic acids is 1. The Morgan fingerprint density at radius 2 is 1.93 bits per heavy atom. The lowest BCUT2D eigenvalue weighted by Crippen LogP contribution is -2.28. The van der Waals surface area contributed by atoms with Gasteiger partial charge in [-0.05, 0) is 6.42 Å². The molecule has 0 aliphatic carbocycles. The summed E-state index contributed by atoms with van der Waals surface area (Å²) >= 11 is 0. The first-order valence-electron chi connectivity index (χ1n) is 4.43. The number of hydrogen-bond acceptors (Lipinski definition) is 4. The first-order valence-corrected chi connectivity index (χ1v) is 4.43. The van der Waals surface area contributed by atoms with E-state index in [4.69, 9.17) is 5.11 Å². The molecule has 0 spiro atoms. The van der Waals surface area contributed by atoms with Crippen LogP contribution >= 0.6 is 0 Å².